The smallest absolute Gasteiger partial charge is 0.251 e. The summed E-state index contributed by atoms with van der Waals surface area (Å²) in [5.41, 5.74) is 0.893. The van der Waals surface area contributed by atoms with Crippen LogP contribution >= 0.6 is 24.0 Å². The number of hydrogen-bond acceptors (Lipinski definition) is 4. The summed E-state index contributed by atoms with van der Waals surface area (Å²) < 4.78 is 10.8. The fourth-order valence-electron chi connectivity index (χ4n) is 3.71. The molecular weight excluding hydrogens is 471 g/mol. The molecule has 0 aliphatic carbocycles. The largest absolute Gasteiger partial charge is 0.497 e. The SMILES string of the molecule is CCNC(=NCCNC(=O)c1cccc(OC)c1)N1CCC2(CCOC2)C1.I. The van der Waals surface area contributed by atoms with Crippen LogP contribution in [-0.2, 0) is 4.74 Å². The van der Waals surface area contributed by atoms with E-state index in [-0.39, 0.29) is 29.9 Å². The van der Waals surface area contributed by atoms with E-state index in [1.807, 2.05) is 12.1 Å². The van der Waals surface area contributed by atoms with Gasteiger partial charge in [-0.2, -0.15) is 0 Å². The molecule has 1 unspecified atom stereocenters. The van der Waals surface area contributed by atoms with Gasteiger partial charge in [-0.15, -0.1) is 24.0 Å². The number of carbonyl (C=O) groups excluding carboxylic acids is 1. The Balaban J connectivity index is 0.00000280. The number of likely N-dealkylation sites (tertiary alicyclic amines) is 1. The van der Waals surface area contributed by atoms with Crippen molar-refractivity contribution in [3.05, 3.63) is 29.8 Å². The second-order valence-electron chi connectivity index (χ2n) is 7.20. The number of methoxy groups -OCH3 is 1. The number of carbonyl (C=O) groups is 1. The first kappa shape index (κ1) is 22.7. The van der Waals surface area contributed by atoms with Crippen LogP contribution in [0.1, 0.15) is 30.1 Å². The van der Waals surface area contributed by atoms with Gasteiger partial charge < -0.3 is 25.0 Å². The average Bonchev–Trinajstić information content (AvgIpc) is 3.34. The highest BCUT2D eigenvalue weighted by atomic mass is 127. The van der Waals surface area contributed by atoms with Gasteiger partial charge in [-0.05, 0) is 38.0 Å². The predicted octanol–water partition coefficient (Wildman–Crippen LogP) is 2.12. The van der Waals surface area contributed by atoms with Crippen molar-refractivity contribution in [1.29, 1.82) is 0 Å². The molecule has 2 saturated heterocycles. The number of ether oxygens (including phenoxy) is 2. The van der Waals surface area contributed by atoms with Gasteiger partial charge in [0.2, 0.25) is 0 Å². The Bertz CT molecular complexity index is 677. The van der Waals surface area contributed by atoms with Crippen molar-refractivity contribution >= 4 is 35.8 Å². The van der Waals surface area contributed by atoms with Gasteiger partial charge in [-0.1, -0.05) is 6.07 Å². The average molecular weight is 502 g/mol. The van der Waals surface area contributed by atoms with Crippen LogP contribution in [0.25, 0.3) is 0 Å². The molecule has 2 fully saturated rings. The summed E-state index contributed by atoms with van der Waals surface area (Å²) >= 11 is 0. The number of amides is 1. The van der Waals surface area contributed by atoms with Crippen molar-refractivity contribution in [3.8, 4) is 5.75 Å². The lowest BCUT2D eigenvalue weighted by atomic mass is 9.87. The third-order valence-corrected chi connectivity index (χ3v) is 5.25. The van der Waals surface area contributed by atoms with E-state index < -0.39 is 0 Å². The third kappa shape index (κ3) is 5.73. The van der Waals surface area contributed by atoms with E-state index in [1.54, 1.807) is 19.2 Å². The lowest BCUT2D eigenvalue weighted by Gasteiger charge is -2.25. The van der Waals surface area contributed by atoms with E-state index in [9.17, 15) is 4.79 Å². The monoisotopic (exact) mass is 502 g/mol. The van der Waals surface area contributed by atoms with E-state index in [2.05, 4.69) is 22.5 Å². The van der Waals surface area contributed by atoms with Crippen molar-refractivity contribution < 1.29 is 14.3 Å². The molecule has 3 rings (SSSR count). The van der Waals surface area contributed by atoms with Gasteiger partial charge in [0.05, 0.1) is 20.3 Å². The number of hydrogen-bond donors (Lipinski definition) is 2. The first-order chi connectivity index (χ1) is 13.2. The maximum absolute atomic E-state index is 12.3. The molecule has 1 aromatic carbocycles. The van der Waals surface area contributed by atoms with Crippen LogP contribution in [0.3, 0.4) is 0 Å². The van der Waals surface area contributed by atoms with E-state index in [1.165, 1.54) is 0 Å². The summed E-state index contributed by atoms with van der Waals surface area (Å²) in [5, 5.41) is 6.29. The van der Waals surface area contributed by atoms with Crippen molar-refractivity contribution in [2.45, 2.75) is 19.8 Å². The van der Waals surface area contributed by atoms with E-state index in [4.69, 9.17) is 14.5 Å². The fraction of sp³-hybridized carbons (Fsp3) is 0.600. The van der Waals surface area contributed by atoms with Crippen LogP contribution in [0.4, 0.5) is 0 Å². The van der Waals surface area contributed by atoms with Gasteiger partial charge in [0, 0.05) is 43.8 Å². The number of aliphatic imine (C=N–C) groups is 1. The Morgan fingerprint density at radius 1 is 1.36 bits per heavy atom. The van der Waals surface area contributed by atoms with Crippen LogP contribution in [0.2, 0.25) is 0 Å². The summed E-state index contributed by atoms with van der Waals surface area (Å²) in [7, 11) is 1.59. The molecule has 1 spiro atoms. The molecule has 2 aliphatic rings. The van der Waals surface area contributed by atoms with Crippen molar-refractivity contribution in [3.63, 3.8) is 0 Å². The van der Waals surface area contributed by atoms with Crippen LogP contribution in [0, 0.1) is 5.41 Å². The highest BCUT2D eigenvalue weighted by molar-refractivity contribution is 14.0. The normalized spacial score (nSPS) is 21.5. The molecule has 8 heteroatoms. The van der Waals surface area contributed by atoms with Crippen molar-refractivity contribution in [2.24, 2.45) is 10.4 Å². The topological polar surface area (TPSA) is 75.2 Å². The minimum absolute atomic E-state index is 0. The highest BCUT2D eigenvalue weighted by Crippen LogP contribution is 2.38. The second kappa shape index (κ2) is 10.8. The molecule has 2 heterocycles. The van der Waals surface area contributed by atoms with Gasteiger partial charge >= 0.3 is 0 Å². The number of halogens is 1. The minimum Gasteiger partial charge on any atom is -0.497 e. The Labute approximate surface area is 184 Å². The fourth-order valence-corrected chi connectivity index (χ4v) is 3.71. The van der Waals surface area contributed by atoms with Crippen LogP contribution in [0.15, 0.2) is 29.3 Å². The van der Waals surface area contributed by atoms with Crippen molar-refractivity contribution in [1.82, 2.24) is 15.5 Å². The molecular formula is C20H31IN4O3. The van der Waals surface area contributed by atoms with Crippen LogP contribution in [0.5, 0.6) is 5.75 Å². The summed E-state index contributed by atoms with van der Waals surface area (Å²) in [4.78, 5) is 19.3. The standard InChI is InChI=1S/C20H30N4O3.HI/c1-3-21-19(24-11-7-20(14-24)8-12-27-15-20)23-10-9-22-18(25)16-5-4-6-17(13-16)26-2;/h4-6,13H,3,7-12,14-15H2,1-2H3,(H,21,23)(H,22,25);1H. The highest BCUT2D eigenvalue weighted by Gasteiger charge is 2.42. The summed E-state index contributed by atoms with van der Waals surface area (Å²) in [6.45, 7) is 7.67. The molecule has 0 aromatic heterocycles. The zero-order valence-electron chi connectivity index (χ0n) is 16.7. The zero-order valence-corrected chi connectivity index (χ0v) is 19.0. The first-order valence-electron chi connectivity index (χ1n) is 9.69. The number of rotatable bonds is 6. The molecule has 0 bridgehead atoms. The molecule has 1 atom stereocenters. The maximum Gasteiger partial charge on any atom is 0.251 e. The van der Waals surface area contributed by atoms with E-state index in [0.717, 1.165) is 51.6 Å². The lowest BCUT2D eigenvalue weighted by Crippen LogP contribution is -2.42. The van der Waals surface area contributed by atoms with E-state index >= 15 is 0 Å². The summed E-state index contributed by atoms with van der Waals surface area (Å²) in [6.07, 6.45) is 2.30. The number of nitrogens with one attached hydrogen (secondary N) is 2. The third-order valence-electron chi connectivity index (χ3n) is 5.25. The summed E-state index contributed by atoms with van der Waals surface area (Å²) in [6, 6.07) is 7.14. The molecule has 156 valence electrons. The van der Waals surface area contributed by atoms with Gasteiger partial charge in [-0.3, -0.25) is 9.79 Å². The molecule has 7 nitrogen and oxygen atoms in total. The molecule has 0 radical (unpaired) electrons. The lowest BCUT2D eigenvalue weighted by molar-refractivity contribution is 0.0954. The van der Waals surface area contributed by atoms with Crippen LogP contribution in [-0.4, -0.2) is 69.8 Å². The predicted molar refractivity (Wildman–Crippen MR) is 121 cm³/mol. The Morgan fingerprint density at radius 2 is 2.21 bits per heavy atom. The minimum atomic E-state index is -0.114. The first-order valence-corrected chi connectivity index (χ1v) is 9.69. The Morgan fingerprint density at radius 3 is 2.93 bits per heavy atom. The van der Waals surface area contributed by atoms with Gasteiger partial charge in [0.1, 0.15) is 5.75 Å². The van der Waals surface area contributed by atoms with Crippen LogP contribution < -0.4 is 15.4 Å². The molecule has 2 aliphatic heterocycles. The second-order valence-corrected chi connectivity index (χ2v) is 7.20. The molecule has 28 heavy (non-hydrogen) atoms. The molecule has 1 aromatic rings. The van der Waals surface area contributed by atoms with Gasteiger partial charge in [-0.25, -0.2) is 0 Å². The molecule has 2 N–H and O–H groups in total. The van der Waals surface area contributed by atoms with E-state index in [0.29, 0.717) is 29.8 Å². The maximum atomic E-state index is 12.3. The number of guanidine groups is 1. The quantitative estimate of drug-likeness (QED) is 0.270. The van der Waals surface area contributed by atoms with Gasteiger partial charge in [0.25, 0.3) is 5.91 Å². The number of nitrogens with zero attached hydrogens (tertiary/aromatic N) is 2. The van der Waals surface area contributed by atoms with Gasteiger partial charge in [0.15, 0.2) is 5.96 Å². The molecule has 1 amide bonds. The summed E-state index contributed by atoms with van der Waals surface area (Å²) in [5.74, 6) is 1.49. The Kier molecular flexibility index (Phi) is 8.81. The zero-order chi connectivity index (χ0) is 19.1. The number of benzene rings is 1. The Hall–Kier alpha value is -1.55. The van der Waals surface area contributed by atoms with Crippen molar-refractivity contribution in [2.75, 3.05) is 53.0 Å². The molecule has 0 saturated carbocycles.